The minimum absolute atomic E-state index is 0.562. The smallest absolute Gasteiger partial charge is 0.295 e. The summed E-state index contributed by atoms with van der Waals surface area (Å²) in [6, 6.07) is 0.562. The summed E-state index contributed by atoms with van der Waals surface area (Å²) in [4.78, 5) is 4.23. The summed E-state index contributed by atoms with van der Waals surface area (Å²) in [5.41, 5.74) is 7.04. The third-order valence-electron chi connectivity index (χ3n) is 2.99. The molecular formula is C8H14N3+. The lowest BCUT2D eigenvalue weighted by Crippen LogP contribution is -2.70. The SMILES string of the molecule is C=C1CN=C(N)[N+]2(C)CCC12. The predicted octanol–water partition coefficient (Wildman–Crippen LogP) is 0.0898. The lowest BCUT2D eigenvalue weighted by atomic mass is 9.91. The van der Waals surface area contributed by atoms with E-state index in [1.807, 2.05) is 0 Å². The van der Waals surface area contributed by atoms with Crippen LogP contribution in [-0.4, -0.2) is 36.6 Å². The predicted molar refractivity (Wildman–Crippen MR) is 45.1 cm³/mol. The van der Waals surface area contributed by atoms with Gasteiger partial charge in [-0.1, -0.05) is 6.58 Å². The van der Waals surface area contributed by atoms with Crippen LogP contribution in [0.2, 0.25) is 0 Å². The molecule has 1 fully saturated rings. The molecule has 0 aliphatic carbocycles. The molecule has 2 N–H and O–H groups in total. The van der Waals surface area contributed by atoms with Crippen LogP contribution in [0.4, 0.5) is 0 Å². The molecule has 2 atom stereocenters. The van der Waals surface area contributed by atoms with Crippen LogP contribution in [0, 0.1) is 0 Å². The van der Waals surface area contributed by atoms with E-state index in [0.717, 1.165) is 23.5 Å². The first-order chi connectivity index (χ1) is 5.14. The number of hydrogen-bond donors (Lipinski definition) is 1. The topological polar surface area (TPSA) is 38.4 Å². The van der Waals surface area contributed by atoms with Crippen molar-refractivity contribution in [2.24, 2.45) is 10.7 Å². The van der Waals surface area contributed by atoms with Crippen molar-refractivity contribution in [3.05, 3.63) is 12.2 Å². The van der Waals surface area contributed by atoms with Crippen molar-refractivity contribution in [1.82, 2.24) is 0 Å². The van der Waals surface area contributed by atoms with Crippen molar-refractivity contribution in [1.29, 1.82) is 0 Å². The van der Waals surface area contributed by atoms with Crippen LogP contribution in [-0.2, 0) is 0 Å². The maximum Gasteiger partial charge on any atom is 0.295 e. The third kappa shape index (κ3) is 0.688. The summed E-state index contributed by atoms with van der Waals surface area (Å²) in [5, 5.41) is 0. The molecule has 2 unspecified atom stereocenters. The minimum Gasteiger partial charge on any atom is -0.338 e. The highest BCUT2D eigenvalue weighted by atomic mass is 15.5. The standard InChI is InChI=1S/C8H14N3/c1-6-5-10-8(9)11(2)4-3-7(6)11/h7H,1,3-5H2,2H3,(H2,9,10)/q+1. The second kappa shape index (κ2) is 1.85. The molecule has 2 heterocycles. The molecule has 0 amide bonds. The molecule has 0 bridgehead atoms. The van der Waals surface area contributed by atoms with E-state index in [2.05, 4.69) is 18.6 Å². The van der Waals surface area contributed by atoms with E-state index < -0.39 is 0 Å². The lowest BCUT2D eigenvalue weighted by Gasteiger charge is -2.50. The fraction of sp³-hybridized carbons (Fsp3) is 0.625. The number of guanidine groups is 1. The number of hydrogen-bond acceptors (Lipinski definition) is 2. The van der Waals surface area contributed by atoms with Gasteiger partial charge in [-0.25, -0.2) is 4.99 Å². The van der Waals surface area contributed by atoms with Crippen LogP contribution in [0.1, 0.15) is 6.42 Å². The molecule has 0 aromatic carbocycles. The molecule has 3 nitrogen and oxygen atoms in total. The Morgan fingerprint density at radius 2 is 2.45 bits per heavy atom. The Morgan fingerprint density at radius 3 is 2.91 bits per heavy atom. The molecule has 0 aromatic rings. The van der Waals surface area contributed by atoms with Gasteiger partial charge in [-0.3, -0.25) is 4.48 Å². The molecule has 3 heteroatoms. The van der Waals surface area contributed by atoms with E-state index >= 15 is 0 Å². The van der Waals surface area contributed by atoms with Crippen LogP contribution >= 0.6 is 0 Å². The number of fused-ring (bicyclic) bond motifs is 1. The van der Waals surface area contributed by atoms with Crippen molar-refractivity contribution in [3.63, 3.8) is 0 Å². The Kier molecular flexibility index (Phi) is 1.16. The molecule has 1 saturated heterocycles. The van der Waals surface area contributed by atoms with E-state index in [4.69, 9.17) is 5.73 Å². The van der Waals surface area contributed by atoms with Crippen molar-refractivity contribution < 1.29 is 4.48 Å². The Bertz CT molecular complexity index is 244. The Morgan fingerprint density at radius 1 is 1.73 bits per heavy atom. The van der Waals surface area contributed by atoms with Gasteiger partial charge in [-0.15, -0.1) is 0 Å². The molecule has 0 saturated carbocycles. The van der Waals surface area contributed by atoms with Crippen LogP contribution in [0.3, 0.4) is 0 Å². The van der Waals surface area contributed by atoms with Gasteiger partial charge < -0.3 is 5.73 Å². The zero-order valence-corrected chi connectivity index (χ0v) is 6.88. The van der Waals surface area contributed by atoms with Crippen LogP contribution in [0.15, 0.2) is 17.1 Å². The highest BCUT2D eigenvalue weighted by Gasteiger charge is 2.49. The van der Waals surface area contributed by atoms with Crippen molar-refractivity contribution in [3.8, 4) is 0 Å². The number of quaternary nitrogens is 1. The third-order valence-corrected chi connectivity index (χ3v) is 2.99. The maximum atomic E-state index is 5.80. The minimum atomic E-state index is 0.562. The number of nitrogens with two attached hydrogens (primary N) is 1. The summed E-state index contributed by atoms with van der Waals surface area (Å²) in [5.74, 6) is 0.786. The largest absolute Gasteiger partial charge is 0.338 e. The zero-order chi connectivity index (χ0) is 8.06. The average molecular weight is 152 g/mol. The zero-order valence-electron chi connectivity index (χ0n) is 6.88. The summed E-state index contributed by atoms with van der Waals surface area (Å²) >= 11 is 0. The molecule has 0 radical (unpaired) electrons. The maximum absolute atomic E-state index is 5.80. The summed E-state index contributed by atoms with van der Waals surface area (Å²) in [6.07, 6.45) is 1.23. The molecule has 2 rings (SSSR count). The van der Waals surface area contributed by atoms with Crippen LogP contribution < -0.4 is 5.73 Å². The molecule has 0 spiro atoms. The highest BCUT2D eigenvalue weighted by molar-refractivity contribution is 5.73. The summed E-state index contributed by atoms with van der Waals surface area (Å²) < 4.78 is 0.818. The molecule has 2 aliphatic heterocycles. The van der Waals surface area contributed by atoms with Gasteiger partial charge in [0.05, 0.1) is 26.6 Å². The first-order valence-corrected chi connectivity index (χ1v) is 3.98. The number of rotatable bonds is 0. The second-order valence-corrected chi connectivity index (χ2v) is 3.63. The summed E-state index contributed by atoms with van der Waals surface area (Å²) in [6.45, 7) is 5.86. The Balaban J connectivity index is 2.36. The number of likely N-dealkylation sites (N-methyl/N-ethyl adjacent to an activating group) is 1. The van der Waals surface area contributed by atoms with Gasteiger partial charge in [0, 0.05) is 5.57 Å². The lowest BCUT2D eigenvalue weighted by molar-refractivity contribution is -0.887. The highest BCUT2D eigenvalue weighted by Crippen LogP contribution is 2.33. The van der Waals surface area contributed by atoms with Gasteiger partial charge in [0.15, 0.2) is 0 Å². The van der Waals surface area contributed by atoms with Crippen molar-refractivity contribution >= 4 is 5.96 Å². The molecular weight excluding hydrogens is 138 g/mol. The van der Waals surface area contributed by atoms with E-state index in [1.54, 1.807) is 0 Å². The van der Waals surface area contributed by atoms with Crippen LogP contribution in [0.25, 0.3) is 0 Å². The van der Waals surface area contributed by atoms with E-state index in [-0.39, 0.29) is 0 Å². The van der Waals surface area contributed by atoms with E-state index in [1.165, 1.54) is 12.0 Å². The molecule has 0 aromatic heterocycles. The fourth-order valence-electron chi connectivity index (χ4n) is 1.98. The van der Waals surface area contributed by atoms with Crippen LogP contribution in [0.5, 0.6) is 0 Å². The van der Waals surface area contributed by atoms with Gasteiger partial charge in [0.2, 0.25) is 0 Å². The van der Waals surface area contributed by atoms with Gasteiger partial charge >= 0.3 is 0 Å². The second-order valence-electron chi connectivity index (χ2n) is 3.63. The van der Waals surface area contributed by atoms with Gasteiger partial charge in [-0.2, -0.15) is 0 Å². The Hall–Kier alpha value is -0.830. The Labute approximate surface area is 66.8 Å². The number of aliphatic imine (C=N–C) groups is 1. The first-order valence-electron chi connectivity index (χ1n) is 3.98. The van der Waals surface area contributed by atoms with Gasteiger partial charge in [0.25, 0.3) is 5.96 Å². The molecule has 60 valence electrons. The summed E-state index contributed by atoms with van der Waals surface area (Å²) in [7, 11) is 2.14. The van der Waals surface area contributed by atoms with Gasteiger partial charge in [-0.05, 0) is 0 Å². The average Bonchev–Trinajstić information content (AvgIpc) is 1.94. The molecule has 2 aliphatic rings. The number of nitrogens with zero attached hydrogens (tertiary/aromatic N) is 2. The van der Waals surface area contributed by atoms with Gasteiger partial charge in [0.1, 0.15) is 6.04 Å². The first kappa shape index (κ1) is 6.85. The van der Waals surface area contributed by atoms with Crippen molar-refractivity contribution in [2.75, 3.05) is 20.1 Å². The monoisotopic (exact) mass is 152 g/mol. The normalized spacial score (nSPS) is 42.5. The van der Waals surface area contributed by atoms with E-state index in [9.17, 15) is 0 Å². The fourth-order valence-corrected chi connectivity index (χ4v) is 1.98. The quantitative estimate of drug-likeness (QED) is 0.388. The van der Waals surface area contributed by atoms with E-state index in [0.29, 0.717) is 6.04 Å². The molecule has 11 heavy (non-hydrogen) atoms. The van der Waals surface area contributed by atoms with Crippen molar-refractivity contribution in [2.45, 2.75) is 12.5 Å².